The zero-order valence-electron chi connectivity index (χ0n) is 14.3. The molecule has 4 nitrogen and oxygen atoms in total. The van der Waals surface area contributed by atoms with Crippen LogP contribution in [0.25, 0.3) is 5.70 Å². The van der Waals surface area contributed by atoms with Gasteiger partial charge in [-0.3, -0.25) is 10.00 Å². The zero-order chi connectivity index (χ0) is 16.2. The van der Waals surface area contributed by atoms with Crippen molar-refractivity contribution in [3.8, 4) is 0 Å². The molecule has 0 fully saturated rings. The Morgan fingerprint density at radius 3 is 3.17 bits per heavy atom. The first-order chi connectivity index (χ1) is 11.1. The lowest BCUT2D eigenvalue weighted by Gasteiger charge is -2.39. The standard InChI is InChI=1S/C19H28N4/c1-14(12-20-15(2)19-8-10-21-22-19)13-23-11-9-17-6-4-5-7-18(17)16(23)3/h4,6,8,10,14,16,20H,2,5,7,9,11-13H2,1,3H3,(H,21,22). The molecule has 0 aromatic carbocycles. The van der Waals surface area contributed by atoms with Crippen molar-refractivity contribution in [2.45, 2.75) is 39.2 Å². The molecule has 2 aliphatic rings. The van der Waals surface area contributed by atoms with Crippen molar-refractivity contribution >= 4 is 5.70 Å². The van der Waals surface area contributed by atoms with E-state index in [9.17, 15) is 0 Å². The maximum atomic E-state index is 4.16. The molecular weight excluding hydrogens is 284 g/mol. The maximum absolute atomic E-state index is 4.16. The number of hydrogen-bond donors (Lipinski definition) is 2. The summed E-state index contributed by atoms with van der Waals surface area (Å²) in [6.45, 7) is 12.0. The SMILES string of the molecule is C=C(NCC(C)CN1CCC2=C(CCC=C2)C1C)c1cc[nH]n1. The second kappa shape index (κ2) is 7.18. The van der Waals surface area contributed by atoms with Gasteiger partial charge < -0.3 is 5.32 Å². The van der Waals surface area contributed by atoms with Gasteiger partial charge in [0, 0.05) is 31.9 Å². The predicted molar refractivity (Wildman–Crippen MR) is 95.8 cm³/mol. The number of nitrogens with zero attached hydrogens (tertiary/aromatic N) is 2. The smallest absolute Gasteiger partial charge is 0.107 e. The Morgan fingerprint density at radius 1 is 1.52 bits per heavy atom. The monoisotopic (exact) mass is 312 g/mol. The molecule has 0 radical (unpaired) electrons. The molecule has 2 unspecified atom stereocenters. The molecule has 0 bridgehead atoms. The van der Waals surface area contributed by atoms with Gasteiger partial charge in [-0.05, 0) is 49.3 Å². The van der Waals surface area contributed by atoms with Gasteiger partial charge in [-0.25, -0.2) is 0 Å². The van der Waals surface area contributed by atoms with Gasteiger partial charge in [0.15, 0.2) is 0 Å². The fourth-order valence-electron chi connectivity index (χ4n) is 3.66. The van der Waals surface area contributed by atoms with E-state index in [2.05, 4.69) is 53.0 Å². The van der Waals surface area contributed by atoms with Crippen LogP contribution in [0, 0.1) is 5.92 Å². The number of hydrogen-bond acceptors (Lipinski definition) is 3. The Kier molecular flexibility index (Phi) is 5.01. The van der Waals surface area contributed by atoms with Gasteiger partial charge in [-0.15, -0.1) is 0 Å². The topological polar surface area (TPSA) is 44.0 Å². The quantitative estimate of drug-likeness (QED) is 0.846. The summed E-state index contributed by atoms with van der Waals surface area (Å²) in [7, 11) is 0. The summed E-state index contributed by atoms with van der Waals surface area (Å²) in [6.07, 6.45) is 10.2. The van der Waals surface area contributed by atoms with E-state index in [1.807, 2.05) is 12.3 Å². The molecule has 1 aliphatic carbocycles. The summed E-state index contributed by atoms with van der Waals surface area (Å²) in [5, 5.41) is 10.4. The molecule has 124 valence electrons. The Morgan fingerprint density at radius 2 is 2.39 bits per heavy atom. The van der Waals surface area contributed by atoms with Crippen molar-refractivity contribution in [2.75, 3.05) is 19.6 Å². The first-order valence-electron chi connectivity index (χ1n) is 8.70. The lowest BCUT2D eigenvalue weighted by Crippen LogP contribution is -2.43. The van der Waals surface area contributed by atoms with Gasteiger partial charge in [0.25, 0.3) is 0 Å². The van der Waals surface area contributed by atoms with E-state index in [1.165, 1.54) is 25.8 Å². The van der Waals surface area contributed by atoms with Crippen LogP contribution in [0.4, 0.5) is 0 Å². The highest BCUT2D eigenvalue weighted by Gasteiger charge is 2.26. The first-order valence-corrected chi connectivity index (χ1v) is 8.70. The lowest BCUT2D eigenvalue weighted by atomic mass is 9.86. The highest BCUT2D eigenvalue weighted by atomic mass is 15.2. The highest BCUT2D eigenvalue weighted by molar-refractivity contribution is 5.57. The Balaban J connectivity index is 1.50. The first kappa shape index (κ1) is 16.1. The minimum atomic E-state index is 0.578. The van der Waals surface area contributed by atoms with Crippen LogP contribution < -0.4 is 5.32 Å². The average molecular weight is 312 g/mol. The average Bonchev–Trinajstić information content (AvgIpc) is 3.10. The molecule has 1 aromatic rings. The summed E-state index contributed by atoms with van der Waals surface area (Å²) in [5.74, 6) is 0.578. The second-order valence-electron chi connectivity index (χ2n) is 6.84. The van der Waals surface area contributed by atoms with Gasteiger partial charge >= 0.3 is 0 Å². The van der Waals surface area contributed by atoms with Crippen molar-refractivity contribution in [1.82, 2.24) is 20.4 Å². The number of H-pyrrole nitrogens is 1. The number of aromatic amines is 1. The van der Waals surface area contributed by atoms with Crippen molar-refractivity contribution < 1.29 is 0 Å². The normalized spacial score (nSPS) is 22.8. The molecule has 2 heterocycles. The third kappa shape index (κ3) is 3.75. The van der Waals surface area contributed by atoms with E-state index in [0.717, 1.165) is 24.5 Å². The summed E-state index contributed by atoms with van der Waals surface area (Å²) in [6, 6.07) is 2.53. The summed E-state index contributed by atoms with van der Waals surface area (Å²) < 4.78 is 0. The molecule has 2 atom stereocenters. The molecule has 1 aliphatic heterocycles. The van der Waals surface area contributed by atoms with Crippen LogP contribution in [-0.2, 0) is 0 Å². The third-order valence-electron chi connectivity index (χ3n) is 5.05. The molecule has 0 amide bonds. The molecule has 3 rings (SSSR count). The Bertz CT molecular complexity index is 597. The van der Waals surface area contributed by atoms with Crippen LogP contribution in [0.5, 0.6) is 0 Å². The van der Waals surface area contributed by atoms with Gasteiger partial charge in [-0.2, -0.15) is 5.10 Å². The minimum Gasteiger partial charge on any atom is -0.383 e. The number of allylic oxidation sites excluding steroid dienone is 2. The maximum Gasteiger partial charge on any atom is 0.107 e. The molecule has 0 saturated heterocycles. The van der Waals surface area contributed by atoms with Crippen LogP contribution in [-0.4, -0.2) is 40.8 Å². The number of aromatic nitrogens is 2. The number of rotatable bonds is 6. The third-order valence-corrected chi connectivity index (χ3v) is 5.05. The largest absolute Gasteiger partial charge is 0.383 e. The van der Waals surface area contributed by atoms with E-state index in [4.69, 9.17) is 0 Å². The van der Waals surface area contributed by atoms with Crippen LogP contribution in [0.1, 0.15) is 38.8 Å². The zero-order valence-corrected chi connectivity index (χ0v) is 14.3. The minimum absolute atomic E-state index is 0.578. The molecule has 4 heteroatoms. The molecular formula is C19H28N4. The molecule has 0 saturated carbocycles. The van der Waals surface area contributed by atoms with Crippen molar-refractivity contribution in [1.29, 1.82) is 0 Å². The van der Waals surface area contributed by atoms with Gasteiger partial charge in [-0.1, -0.05) is 25.7 Å². The van der Waals surface area contributed by atoms with Crippen molar-refractivity contribution in [3.05, 3.63) is 47.8 Å². The molecule has 2 N–H and O–H groups in total. The van der Waals surface area contributed by atoms with E-state index < -0.39 is 0 Å². The van der Waals surface area contributed by atoms with Gasteiger partial charge in [0.2, 0.25) is 0 Å². The number of nitrogens with one attached hydrogen (secondary N) is 2. The summed E-state index contributed by atoms with van der Waals surface area (Å²) in [4.78, 5) is 2.64. The van der Waals surface area contributed by atoms with Crippen LogP contribution in [0.15, 0.2) is 42.1 Å². The fraction of sp³-hybridized carbons (Fsp3) is 0.526. The fourth-order valence-corrected chi connectivity index (χ4v) is 3.66. The predicted octanol–water partition coefficient (Wildman–Crippen LogP) is 3.35. The lowest BCUT2D eigenvalue weighted by molar-refractivity contribution is 0.189. The Labute approximate surface area is 139 Å². The summed E-state index contributed by atoms with van der Waals surface area (Å²) in [5.41, 5.74) is 5.05. The molecule has 23 heavy (non-hydrogen) atoms. The second-order valence-corrected chi connectivity index (χ2v) is 6.84. The summed E-state index contributed by atoms with van der Waals surface area (Å²) >= 11 is 0. The highest BCUT2D eigenvalue weighted by Crippen LogP contribution is 2.31. The van der Waals surface area contributed by atoms with E-state index >= 15 is 0 Å². The van der Waals surface area contributed by atoms with Crippen molar-refractivity contribution in [3.63, 3.8) is 0 Å². The van der Waals surface area contributed by atoms with Gasteiger partial charge in [0.1, 0.15) is 5.69 Å². The molecule has 1 aromatic heterocycles. The van der Waals surface area contributed by atoms with E-state index in [-0.39, 0.29) is 0 Å². The Hall–Kier alpha value is -1.81. The van der Waals surface area contributed by atoms with Crippen LogP contribution in [0.3, 0.4) is 0 Å². The van der Waals surface area contributed by atoms with Gasteiger partial charge in [0.05, 0.1) is 5.70 Å². The van der Waals surface area contributed by atoms with Crippen LogP contribution in [0.2, 0.25) is 0 Å². The van der Waals surface area contributed by atoms with E-state index in [0.29, 0.717) is 12.0 Å². The van der Waals surface area contributed by atoms with E-state index in [1.54, 1.807) is 11.1 Å². The van der Waals surface area contributed by atoms with Crippen LogP contribution >= 0.6 is 0 Å². The molecule has 0 spiro atoms. The van der Waals surface area contributed by atoms with Crippen molar-refractivity contribution in [2.24, 2.45) is 5.92 Å².